The first-order valence-corrected chi connectivity index (χ1v) is 7.15. The molecule has 4 N–H and O–H groups in total. The number of H-pyrrole nitrogens is 1. The topological polar surface area (TPSA) is 88.0 Å². The zero-order valence-electron chi connectivity index (χ0n) is 12.6. The summed E-state index contributed by atoms with van der Waals surface area (Å²) < 4.78 is 38.4. The third-order valence-corrected chi connectivity index (χ3v) is 3.58. The van der Waals surface area contributed by atoms with Gasteiger partial charge in [-0.3, -0.25) is 9.59 Å². The fourth-order valence-corrected chi connectivity index (χ4v) is 2.46. The Kier molecular flexibility index (Phi) is 3.96. The maximum Gasteiger partial charge on any atom is 0.416 e. The summed E-state index contributed by atoms with van der Waals surface area (Å²) >= 11 is 0. The molecule has 2 aromatic carbocycles. The molecule has 0 radical (unpaired) electrons. The van der Waals surface area contributed by atoms with Gasteiger partial charge in [0.2, 0.25) is 0 Å². The number of carbonyl (C=O) groups excluding carboxylic acids is 2. The fraction of sp³-hybridized carbons (Fsp3) is 0.0588. The summed E-state index contributed by atoms with van der Waals surface area (Å²) in [6.07, 6.45) is -3.23. The highest BCUT2D eigenvalue weighted by Crippen LogP contribution is 2.32. The van der Waals surface area contributed by atoms with E-state index in [0.29, 0.717) is 10.9 Å². The molecule has 5 nitrogen and oxygen atoms in total. The van der Waals surface area contributed by atoms with Crippen LogP contribution >= 0.6 is 0 Å². The average molecular weight is 347 g/mol. The number of nitrogen functional groups attached to an aromatic ring is 1. The molecule has 0 spiro atoms. The number of para-hydroxylation sites is 1. The molecule has 0 aliphatic carbocycles. The van der Waals surface area contributed by atoms with Crippen LogP contribution in [0.2, 0.25) is 0 Å². The van der Waals surface area contributed by atoms with Crippen molar-refractivity contribution in [3.05, 3.63) is 59.8 Å². The van der Waals surface area contributed by atoms with E-state index in [0.717, 1.165) is 18.2 Å². The quantitative estimate of drug-likeness (QED) is 0.384. The molecule has 0 saturated carbocycles. The molecule has 1 amide bonds. The summed E-state index contributed by atoms with van der Waals surface area (Å²) in [5.74, 6) is -1.92. The van der Waals surface area contributed by atoms with Crippen molar-refractivity contribution >= 4 is 34.0 Å². The fourth-order valence-electron chi connectivity index (χ4n) is 2.46. The van der Waals surface area contributed by atoms with Gasteiger partial charge < -0.3 is 16.0 Å². The van der Waals surface area contributed by atoms with Crippen LogP contribution in [0.1, 0.15) is 15.9 Å². The second kappa shape index (κ2) is 5.97. The van der Waals surface area contributed by atoms with E-state index in [4.69, 9.17) is 5.73 Å². The number of halogens is 3. The molecule has 1 heterocycles. The number of aromatic amines is 1. The number of alkyl halides is 3. The van der Waals surface area contributed by atoms with E-state index in [9.17, 15) is 22.8 Å². The zero-order valence-corrected chi connectivity index (χ0v) is 12.6. The number of fused-ring (bicyclic) bond motifs is 1. The minimum Gasteiger partial charge on any atom is -0.399 e. The van der Waals surface area contributed by atoms with E-state index < -0.39 is 23.4 Å². The lowest BCUT2D eigenvalue weighted by Crippen LogP contribution is -2.23. The SMILES string of the molecule is Nc1cc(NC(=O)C(=O)c2c[nH]c3ccccc23)cc(C(F)(F)F)c1. The maximum absolute atomic E-state index is 12.8. The van der Waals surface area contributed by atoms with Crippen LogP contribution in [0.5, 0.6) is 0 Å². The number of amides is 1. The molecule has 3 aromatic rings. The number of carbonyl (C=O) groups is 2. The highest BCUT2D eigenvalue weighted by molar-refractivity contribution is 6.48. The number of Topliss-reactive ketones (excluding diaryl/α,β-unsaturated/α-hetero) is 1. The second-order valence-electron chi connectivity index (χ2n) is 5.37. The van der Waals surface area contributed by atoms with Crippen LogP contribution in [0.3, 0.4) is 0 Å². The standard InChI is InChI=1S/C17H12F3N3O2/c18-17(19,20)9-5-10(21)7-11(6-9)23-16(25)15(24)13-8-22-14-4-2-1-3-12(13)14/h1-8,22H,21H2,(H,23,25). The summed E-state index contributed by atoms with van der Waals surface area (Å²) in [4.78, 5) is 27.3. The van der Waals surface area contributed by atoms with Crippen LogP contribution in [0.25, 0.3) is 10.9 Å². The van der Waals surface area contributed by atoms with Crippen LogP contribution in [0.4, 0.5) is 24.5 Å². The van der Waals surface area contributed by atoms with E-state index in [1.54, 1.807) is 24.3 Å². The van der Waals surface area contributed by atoms with Gasteiger partial charge in [0.15, 0.2) is 0 Å². The largest absolute Gasteiger partial charge is 0.416 e. The van der Waals surface area contributed by atoms with Gasteiger partial charge >= 0.3 is 6.18 Å². The Morgan fingerprint density at radius 3 is 2.52 bits per heavy atom. The number of hydrogen-bond donors (Lipinski definition) is 3. The Labute approximate surface area is 139 Å². The molecule has 0 bridgehead atoms. The van der Waals surface area contributed by atoms with Gasteiger partial charge in [-0.15, -0.1) is 0 Å². The van der Waals surface area contributed by atoms with Gasteiger partial charge in [-0.1, -0.05) is 18.2 Å². The van der Waals surface area contributed by atoms with Crippen molar-refractivity contribution in [3.63, 3.8) is 0 Å². The Morgan fingerprint density at radius 1 is 1.08 bits per heavy atom. The van der Waals surface area contributed by atoms with Crippen molar-refractivity contribution in [1.82, 2.24) is 4.98 Å². The van der Waals surface area contributed by atoms with Gasteiger partial charge in [-0.25, -0.2) is 0 Å². The summed E-state index contributed by atoms with van der Waals surface area (Å²) in [7, 11) is 0. The average Bonchev–Trinajstić information content (AvgIpc) is 2.96. The highest BCUT2D eigenvalue weighted by atomic mass is 19.4. The number of aromatic nitrogens is 1. The molecular formula is C17H12F3N3O2. The zero-order chi connectivity index (χ0) is 18.2. The molecule has 0 aliphatic rings. The summed E-state index contributed by atoms with van der Waals surface area (Å²) in [5.41, 5.74) is 4.85. The predicted molar refractivity (Wildman–Crippen MR) is 87.1 cm³/mol. The second-order valence-corrected chi connectivity index (χ2v) is 5.37. The third-order valence-electron chi connectivity index (χ3n) is 3.58. The Hall–Kier alpha value is -3.29. The molecule has 8 heteroatoms. The molecule has 0 unspecified atom stereocenters. The minimum atomic E-state index is -4.62. The maximum atomic E-state index is 12.8. The van der Waals surface area contributed by atoms with E-state index in [2.05, 4.69) is 10.3 Å². The number of ketones is 1. The van der Waals surface area contributed by atoms with Crippen molar-refractivity contribution in [2.24, 2.45) is 0 Å². The lowest BCUT2D eigenvalue weighted by atomic mass is 10.1. The van der Waals surface area contributed by atoms with Crippen molar-refractivity contribution < 1.29 is 22.8 Å². The van der Waals surface area contributed by atoms with Gasteiger partial charge in [0.05, 0.1) is 11.1 Å². The lowest BCUT2D eigenvalue weighted by Gasteiger charge is -2.11. The van der Waals surface area contributed by atoms with E-state index in [-0.39, 0.29) is 16.9 Å². The first-order valence-electron chi connectivity index (χ1n) is 7.15. The third kappa shape index (κ3) is 3.32. The number of hydrogen-bond acceptors (Lipinski definition) is 3. The Balaban J connectivity index is 1.87. The molecule has 0 saturated heterocycles. The molecule has 128 valence electrons. The molecule has 0 atom stereocenters. The van der Waals surface area contributed by atoms with Gasteiger partial charge in [0.25, 0.3) is 11.7 Å². The van der Waals surface area contributed by atoms with Gasteiger partial charge in [0, 0.05) is 28.5 Å². The molecule has 3 rings (SSSR count). The van der Waals surface area contributed by atoms with Crippen LogP contribution in [0, 0.1) is 0 Å². The van der Waals surface area contributed by atoms with E-state index in [1.165, 1.54) is 6.20 Å². The highest BCUT2D eigenvalue weighted by Gasteiger charge is 2.31. The number of benzene rings is 2. The Bertz CT molecular complexity index is 977. The number of rotatable bonds is 3. The van der Waals surface area contributed by atoms with Crippen LogP contribution in [0.15, 0.2) is 48.7 Å². The minimum absolute atomic E-state index is 0.132. The summed E-state index contributed by atoms with van der Waals surface area (Å²) in [6, 6.07) is 9.48. The summed E-state index contributed by atoms with van der Waals surface area (Å²) in [5, 5.41) is 2.71. The Morgan fingerprint density at radius 2 is 1.80 bits per heavy atom. The number of nitrogens with one attached hydrogen (secondary N) is 2. The molecule has 25 heavy (non-hydrogen) atoms. The van der Waals surface area contributed by atoms with E-state index in [1.807, 2.05) is 0 Å². The summed E-state index contributed by atoms with van der Waals surface area (Å²) in [6.45, 7) is 0. The molecule has 0 fully saturated rings. The van der Waals surface area contributed by atoms with Crippen molar-refractivity contribution in [2.45, 2.75) is 6.18 Å². The van der Waals surface area contributed by atoms with Crippen molar-refractivity contribution in [2.75, 3.05) is 11.1 Å². The normalized spacial score (nSPS) is 11.5. The van der Waals surface area contributed by atoms with Crippen LogP contribution in [-0.4, -0.2) is 16.7 Å². The number of anilines is 2. The first kappa shape index (κ1) is 16.6. The van der Waals surface area contributed by atoms with Crippen molar-refractivity contribution in [3.8, 4) is 0 Å². The molecule has 1 aromatic heterocycles. The first-order chi connectivity index (χ1) is 11.8. The molecule has 0 aliphatic heterocycles. The predicted octanol–water partition coefficient (Wildman–Crippen LogP) is 3.59. The van der Waals surface area contributed by atoms with Gasteiger partial charge in [-0.05, 0) is 24.3 Å². The van der Waals surface area contributed by atoms with Crippen LogP contribution < -0.4 is 11.1 Å². The number of nitrogens with two attached hydrogens (primary N) is 1. The van der Waals surface area contributed by atoms with Gasteiger partial charge in [0.1, 0.15) is 0 Å². The van der Waals surface area contributed by atoms with Gasteiger partial charge in [-0.2, -0.15) is 13.2 Å². The van der Waals surface area contributed by atoms with Crippen LogP contribution in [-0.2, 0) is 11.0 Å². The lowest BCUT2D eigenvalue weighted by molar-refractivity contribution is -0.137. The molecular weight excluding hydrogens is 335 g/mol. The smallest absolute Gasteiger partial charge is 0.399 e. The van der Waals surface area contributed by atoms with E-state index >= 15 is 0 Å². The monoisotopic (exact) mass is 347 g/mol. The van der Waals surface area contributed by atoms with Crippen molar-refractivity contribution in [1.29, 1.82) is 0 Å².